The topological polar surface area (TPSA) is 82.3 Å². The third-order valence-corrected chi connectivity index (χ3v) is 5.31. The quantitative estimate of drug-likeness (QED) is 0.488. The van der Waals surface area contributed by atoms with Crippen molar-refractivity contribution in [3.63, 3.8) is 0 Å². The monoisotopic (exact) mass is 396 g/mol. The smallest absolute Gasteiger partial charge is 0.261 e. The van der Waals surface area contributed by atoms with E-state index in [2.05, 4.69) is 4.72 Å². The van der Waals surface area contributed by atoms with E-state index in [4.69, 9.17) is 4.74 Å². The SMILES string of the molecule is CCOc1ccc(S(=O)(=O)Nc2ccccc2C=Cc2cc[n+]([O-])cc2)cc1. The summed E-state index contributed by atoms with van der Waals surface area (Å²) in [5, 5.41) is 11.1. The van der Waals surface area contributed by atoms with E-state index in [9.17, 15) is 13.6 Å². The molecule has 0 bridgehead atoms. The number of hydrogen-bond acceptors (Lipinski definition) is 4. The molecule has 1 heterocycles. The van der Waals surface area contributed by atoms with Gasteiger partial charge in [-0.15, -0.1) is 0 Å². The van der Waals surface area contributed by atoms with Crippen LogP contribution in [0.4, 0.5) is 5.69 Å². The van der Waals surface area contributed by atoms with E-state index in [0.29, 0.717) is 28.3 Å². The van der Waals surface area contributed by atoms with Crippen LogP contribution in [0.2, 0.25) is 0 Å². The number of ether oxygens (including phenoxy) is 1. The van der Waals surface area contributed by atoms with Crippen LogP contribution in [0, 0.1) is 5.21 Å². The van der Waals surface area contributed by atoms with Gasteiger partial charge in [0.05, 0.1) is 17.2 Å². The third-order valence-electron chi connectivity index (χ3n) is 3.93. The van der Waals surface area contributed by atoms with Crippen molar-refractivity contribution >= 4 is 27.9 Å². The van der Waals surface area contributed by atoms with Gasteiger partial charge in [-0.05, 0) is 48.4 Å². The predicted molar refractivity (Wildman–Crippen MR) is 109 cm³/mol. The summed E-state index contributed by atoms with van der Waals surface area (Å²) in [6, 6.07) is 16.7. The van der Waals surface area contributed by atoms with Crippen molar-refractivity contribution in [2.45, 2.75) is 11.8 Å². The van der Waals surface area contributed by atoms with Crippen LogP contribution in [-0.4, -0.2) is 15.0 Å². The summed E-state index contributed by atoms with van der Waals surface area (Å²) in [6.45, 7) is 2.38. The van der Waals surface area contributed by atoms with Crippen molar-refractivity contribution in [2.24, 2.45) is 0 Å². The van der Waals surface area contributed by atoms with E-state index >= 15 is 0 Å². The molecular weight excluding hydrogens is 376 g/mol. The van der Waals surface area contributed by atoms with Crippen LogP contribution in [0.15, 0.2) is 78.0 Å². The molecule has 144 valence electrons. The van der Waals surface area contributed by atoms with Crippen molar-refractivity contribution in [1.29, 1.82) is 0 Å². The molecule has 1 aromatic heterocycles. The Morgan fingerprint density at radius 1 is 1.00 bits per heavy atom. The second-order valence-corrected chi connectivity index (χ2v) is 7.60. The molecule has 0 radical (unpaired) electrons. The molecular formula is C21H20N2O4S. The van der Waals surface area contributed by atoms with Crippen molar-refractivity contribution in [2.75, 3.05) is 11.3 Å². The molecule has 0 saturated heterocycles. The molecule has 0 aliphatic rings. The number of aromatic nitrogens is 1. The van der Waals surface area contributed by atoms with Gasteiger partial charge < -0.3 is 9.94 Å². The maximum atomic E-state index is 12.7. The summed E-state index contributed by atoms with van der Waals surface area (Å²) in [5.74, 6) is 0.618. The lowest BCUT2D eigenvalue weighted by molar-refractivity contribution is -0.605. The molecule has 28 heavy (non-hydrogen) atoms. The summed E-state index contributed by atoms with van der Waals surface area (Å²) < 4.78 is 34.1. The minimum atomic E-state index is -3.74. The van der Waals surface area contributed by atoms with Gasteiger partial charge in [-0.25, -0.2) is 8.42 Å². The first-order chi connectivity index (χ1) is 13.5. The highest BCUT2D eigenvalue weighted by molar-refractivity contribution is 7.92. The predicted octanol–water partition coefficient (Wildman–Crippen LogP) is 3.69. The van der Waals surface area contributed by atoms with Gasteiger partial charge in [0.1, 0.15) is 5.75 Å². The summed E-state index contributed by atoms with van der Waals surface area (Å²) in [7, 11) is -3.74. The fourth-order valence-electron chi connectivity index (χ4n) is 2.54. The van der Waals surface area contributed by atoms with Crippen LogP contribution >= 0.6 is 0 Å². The van der Waals surface area contributed by atoms with Gasteiger partial charge in [-0.3, -0.25) is 4.72 Å². The first-order valence-corrected chi connectivity index (χ1v) is 10.2. The number of benzene rings is 2. The van der Waals surface area contributed by atoms with Gasteiger partial charge in [-0.1, -0.05) is 30.4 Å². The molecule has 0 unspecified atom stereocenters. The van der Waals surface area contributed by atoms with Gasteiger partial charge in [0.25, 0.3) is 10.0 Å². The van der Waals surface area contributed by atoms with Crippen LogP contribution < -0.4 is 14.2 Å². The molecule has 0 atom stereocenters. The van der Waals surface area contributed by atoms with Gasteiger partial charge >= 0.3 is 0 Å². The number of para-hydroxylation sites is 1. The molecule has 0 amide bonds. The number of nitrogens with zero attached hydrogens (tertiary/aromatic N) is 1. The molecule has 3 aromatic rings. The minimum absolute atomic E-state index is 0.151. The average molecular weight is 396 g/mol. The molecule has 3 rings (SSSR count). The average Bonchev–Trinajstić information content (AvgIpc) is 2.69. The van der Waals surface area contributed by atoms with Crippen molar-refractivity contribution in [3.05, 3.63) is 89.4 Å². The Morgan fingerprint density at radius 3 is 2.36 bits per heavy atom. The molecule has 2 aromatic carbocycles. The van der Waals surface area contributed by atoms with E-state index in [-0.39, 0.29) is 4.90 Å². The normalized spacial score (nSPS) is 11.5. The van der Waals surface area contributed by atoms with Crippen LogP contribution in [0.25, 0.3) is 12.2 Å². The van der Waals surface area contributed by atoms with Crippen molar-refractivity contribution < 1.29 is 17.9 Å². The Bertz CT molecular complexity index is 1060. The first-order valence-electron chi connectivity index (χ1n) is 8.69. The van der Waals surface area contributed by atoms with Crippen LogP contribution in [-0.2, 0) is 10.0 Å². The van der Waals surface area contributed by atoms with Crippen molar-refractivity contribution in [1.82, 2.24) is 0 Å². The number of hydrogen-bond donors (Lipinski definition) is 1. The highest BCUT2D eigenvalue weighted by atomic mass is 32.2. The lowest BCUT2D eigenvalue weighted by Crippen LogP contribution is -2.23. The Balaban J connectivity index is 1.83. The molecule has 1 N–H and O–H groups in total. The third kappa shape index (κ3) is 4.89. The van der Waals surface area contributed by atoms with E-state index in [1.807, 2.05) is 25.1 Å². The highest BCUT2D eigenvalue weighted by Crippen LogP contribution is 2.23. The largest absolute Gasteiger partial charge is 0.619 e. The van der Waals surface area contributed by atoms with Crippen molar-refractivity contribution in [3.8, 4) is 5.75 Å². The maximum Gasteiger partial charge on any atom is 0.261 e. The second-order valence-electron chi connectivity index (χ2n) is 5.92. The summed E-state index contributed by atoms with van der Waals surface area (Å²) >= 11 is 0. The van der Waals surface area contributed by atoms with Crippen LogP contribution in [0.1, 0.15) is 18.1 Å². The fraction of sp³-hybridized carbons (Fsp3) is 0.0952. The summed E-state index contributed by atoms with van der Waals surface area (Å²) in [5.41, 5.74) is 1.99. The summed E-state index contributed by atoms with van der Waals surface area (Å²) in [6.07, 6.45) is 6.41. The lowest BCUT2D eigenvalue weighted by Gasteiger charge is -2.11. The maximum absolute atomic E-state index is 12.7. The Hall–Kier alpha value is -3.32. The number of sulfonamides is 1. The van der Waals surface area contributed by atoms with Gasteiger partial charge in [0, 0.05) is 12.1 Å². The van der Waals surface area contributed by atoms with Gasteiger partial charge in [0.2, 0.25) is 0 Å². The number of nitrogens with one attached hydrogen (secondary N) is 1. The van der Waals surface area contributed by atoms with Gasteiger partial charge in [0.15, 0.2) is 12.4 Å². The number of pyridine rings is 1. The Labute approximate surface area is 164 Å². The summed E-state index contributed by atoms with van der Waals surface area (Å²) in [4.78, 5) is 0.151. The first kappa shape index (κ1) is 19.4. The Morgan fingerprint density at radius 2 is 1.68 bits per heavy atom. The van der Waals surface area contributed by atoms with E-state index in [1.165, 1.54) is 24.5 Å². The number of rotatable bonds is 7. The zero-order valence-electron chi connectivity index (χ0n) is 15.3. The highest BCUT2D eigenvalue weighted by Gasteiger charge is 2.15. The molecule has 0 aliphatic heterocycles. The molecule has 0 fully saturated rings. The molecule has 6 nitrogen and oxygen atoms in total. The number of anilines is 1. The van der Waals surface area contributed by atoms with Crippen LogP contribution in [0.3, 0.4) is 0 Å². The van der Waals surface area contributed by atoms with Gasteiger partial charge in [-0.2, -0.15) is 4.73 Å². The van der Waals surface area contributed by atoms with E-state index < -0.39 is 10.0 Å². The van der Waals surface area contributed by atoms with E-state index in [0.717, 1.165) is 5.56 Å². The minimum Gasteiger partial charge on any atom is -0.619 e. The molecule has 0 spiro atoms. The Kier molecular flexibility index (Phi) is 5.96. The second kappa shape index (κ2) is 8.58. The lowest BCUT2D eigenvalue weighted by atomic mass is 10.1. The molecule has 0 saturated carbocycles. The zero-order valence-corrected chi connectivity index (χ0v) is 16.1. The van der Waals surface area contributed by atoms with E-state index in [1.54, 1.807) is 42.5 Å². The fourth-order valence-corrected chi connectivity index (χ4v) is 3.63. The zero-order chi connectivity index (χ0) is 20.0. The van der Waals surface area contributed by atoms with Crippen LogP contribution in [0.5, 0.6) is 5.75 Å². The standard InChI is InChI=1S/C21H20N2O4S/c1-2-27-19-9-11-20(12-10-19)28(25,26)22-21-6-4-3-5-18(21)8-7-17-13-15-23(24)16-14-17/h3-16,22H,2H2,1H3. The molecule has 0 aliphatic carbocycles. The molecule has 7 heteroatoms.